The van der Waals surface area contributed by atoms with Gasteiger partial charge in [-0.25, -0.2) is 4.98 Å². The molecule has 22 heavy (non-hydrogen) atoms. The summed E-state index contributed by atoms with van der Waals surface area (Å²) >= 11 is 0. The number of nitrogens with zero attached hydrogens (tertiary/aromatic N) is 1. The van der Waals surface area contributed by atoms with Crippen LogP contribution < -0.4 is 10.1 Å². The van der Waals surface area contributed by atoms with Gasteiger partial charge in [0.15, 0.2) is 6.61 Å². The van der Waals surface area contributed by atoms with Gasteiger partial charge < -0.3 is 10.1 Å². The third-order valence-corrected chi connectivity index (χ3v) is 3.57. The van der Waals surface area contributed by atoms with Gasteiger partial charge in [0.2, 0.25) is 5.88 Å². The highest BCUT2D eigenvalue weighted by Gasteiger charge is 2.28. The maximum atomic E-state index is 12.1. The van der Waals surface area contributed by atoms with E-state index < -0.39 is 12.8 Å². The molecule has 2 rings (SSSR count). The number of hydrogen-bond acceptors (Lipinski definition) is 3. The van der Waals surface area contributed by atoms with Gasteiger partial charge in [-0.1, -0.05) is 25.7 Å². The molecule has 0 saturated heterocycles. The van der Waals surface area contributed by atoms with Crippen molar-refractivity contribution in [3.8, 4) is 5.88 Å². The first kappa shape index (κ1) is 16.6. The fourth-order valence-corrected chi connectivity index (χ4v) is 2.45. The monoisotopic (exact) mass is 316 g/mol. The number of amides is 1. The molecule has 1 aliphatic rings. The van der Waals surface area contributed by atoms with Crippen molar-refractivity contribution in [1.82, 2.24) is 10.3 Å². The molecule has 7 heteroatoms. The van der Waals surface area contributed by atoms with E-state index >= 15 is 0 Å². The summed E-state index contributed by atoms with van der Waals surface area (Å²) in [5.41, 5.74) is 0.323. The van der Waals surface area contributed by atoms with E-state index in [1.165, 1.54) is 31.2 Å². The number of carbonyl (C=O) groups excluding carboxylic acids is 1. The molecule has 4 nitrogen and oxygen atoms in total. The van der Waals surface area contributed by atoms with Gasteiger partial charge in [0, 0.05) is 18.3 Å². The second-order valence-corrected chi connectivity index (χ2v) is 5.45. The molecule has 0 bridgehead atoms. The van der Waals surface area contributed by atoms with Crippen LogP contribution in [0.5, 0.6) is 5.88 Å². The second kappa shape index (κ2) is 7.47. The zero-order valence-corrected chi connectivity index (χ0v) is 12.2. The lowest BCUT2D eigenvalue weighted by Gasteiger charge is -2.16. The summed E-state index contributed by atoms with van der Waals surface area (Å²) in [7, 11) is 0. The van der Waals surface area contributed by atoms with Crippen LogP contribution in [0.15, 0.2) is 18.3 Å². The van der Waals surface area contributed by atoms with Crippen molar-refractivity contribution >= 4 is 5.91 Å². The number of carbonyl (C=O) groups is 1. The van der Waals surface area contributed by atoms with Crippen LogP contribution in [0, 0.1) is 0 Å². The van der Waals surface area contributed by atoms with Gasteiger partial charge in [-0.05, 0) is 18.9 Å². The molecule has 1 aromatic rings. The summed E-state index contributed by atoms with van der Waals surface area (Å²) in [5.74, 6) is -0.398. The van der Waals surface area contributed by atoms with Crippen LogP contribution in [-0.4, -0.2) is 29.7 Å². The number of pyridine rings is 1. The summed E-state index contributed by atoms with van der Waals surface area (Å²) in [6.45, 7) is -1.40. The van der Waals surface area contributed by atoms with Gasteiger partial charge in [-0.2, -0.15) is 13.2 Å². The van der Waals surface area contributed by atoms with Crippen molar-refractivity contribution in [3.05, 3.63) is 23.9 Å². The summed E-state index contributed by atoms with van der Waals surface area (Å²) in [6.07, 6.45) is 3.35. The van der Waals surface area contributed by atoms with E-state index in [1.807, 2.05) is 0 Å². The van der Waals surface area contributed by atoms with Crippen LogP contribution in [0.2, 0.25) is 0 Å². The van der Waals surface area contributed by atoms with E-state index in [2.05, 4.69) is 15.0 Å². The minimum atomic E-state index is -4.41. The highest BCUT2D eigenvalue weighted by Crippen LogP contribution is 2.19. The molecule has 0 aromatic carbocycles. The van der Waals surface area contributed by atoms with Crippen LogP contribution in [0.1, 0.15) is 48.9 Å². The third kappa shape index (κ3) is 5.54. The van der Waals surface area contributed by atoms with E-state index in [0.29, 0.717) is 5.56 Å². The number of rotatable bonds is 4. The molecule has 0 radical (unpaired) electrons. The molecular formula is C15H19F3N2O2. The summed E-state index contributed by atoms with van der Waals surface area (Å²) in [4.78, 5) is 15.8. The number of aromatic nitrogens is 1. The van der Waals surface area contributed by atoms with Crippen LogP contribution in [0.4, 0.5) is 13.2 Å². The molecular weight excluding hydrogens is 297 g/mol. The zero-order valence-electron chi connectivity index (χ0n) is 12.2. The largest absolute Gasteiger partial charge is 0.468 e. The third-order valence-electron chi connectivity index (χ3n) is 3.57. The molecule has 0 unspecified atom stereocenters. The van der Waals surface area contributed by atoms with Crippen molar-refractivity contribution in [1.29, 1.82) is 0 Å². The van der Waals surface area contributed by atoms with Crippen molar-refractivity contribution in [3.63, 3.8) is 0 Å². The Kier molecular flexibility index (Phi) is 5.63. The Morgan fingerprint density at radius 2 is 1.91 bits per heavy atom. The lowest BCUT2D eigenvalue weighted by atomic mass is 10.1. The highest BCUT2D eigenvalue weighted by molar-refractivity contribution is 5.94. The molecule has 1 heterocycles. The first-order chi connectivity index (χ1) is 10.4. The molecule has 1 aliphatic carbocycles. The van der Waals surface area contributed by atoms with E-state index in [1.54, 1.807) is 0 Å². The lowest BCUT2D eigenvalue weighted by Crippen LogP contribution is -2.34. The maximum absolute atomic E-state index is 12.1. The molecule has 0 spiro atoms. The fourth-order valence-electron chi connectivity index (χ4n) is 2.45. The number of nitrogens with one attached hydrogen (secondary N) is 1. The minimum Gasteiger partial charge on any atom is -0.468 e. The van der Waals surface area contributed by atoms with Crippen LogP contribution in [-0.2, 0) is 0 Å². The quantitative estimate of drug-likeness (QED) is 0.865. The average Bonchev–Trinajstić information content (AvgIpc) is 2.73. The minimum absolute atomic E-state index is 0.150. The molecule has 1 fully saturated rings. The van der Waals surface area contributed by atoms with Gasteiger partial charge in [0.05, 0.1) is 5.56 Å². The SMILES string of the molecule is O=C(NC1CCCCCC1)c1ccc(OCC(F)(F)F)nc1. The van der Waals surface area contributed by atoms with Gasteiger partial charge in [-0.15, -0.1) is 0 Å². The predicted octanol–water partition coefficient (Wildman–Crippen LogP) is 3.48. The normalized spacial score (nSPS) is 16.9. The maximum Gasteiger partial charge on any atom is 0.422 e. The van der Waals surface area contributed by atoms with E-state index in [9.17, 15) is 18.0 Å². The van der Waals surface area contributed by atoms with Gasteiger partial charge in [0.1, 0.15) is 0 Å². The lowest BCUT2D eigenvalue weighted by molar-refractivity contribution is -0.154. The van der Waals surface area contributed by atoms with E-state index in [-0.39, 0.29) is 17.8 Å². The Morgan fingerprint density at radius 3 is 2.45 bits per heavy atom. The zero-order chi connectivity index (χ0) is 16.0. The second-order valence-electron chi connectivity index (χ2n) is 5.45. The van der Waals surface area contributed by atoms with Crippen LogP contribution in [0.3, 0.4) is 0 Å². The number of alkyl halides is 3. The summed E-state index contributed by atoms with van der Waals surface area (Å²) in [5, 5.41) is 2.95. The topological polar surface area (TPSA) is 51.2 Å². The number of hydrogen-bond donors (Lipinski definition) is 1. The fraction of sp³-hybridized carbons (Fsp3) is 0.600. The smallest absolute Gasteiger partial charge is 0.422 e. The summed E-state index contributed by atoms with van der Waals surface area (Å²) in [6, 6.07) is 2.86. The Labute approximate surface area is 127 Å². The van der Waals surface area contributed by atoms with Gasteiger partial charge in [-0.3, -0.25) is 4.79 Å². The van der Waals surface area contributed by atoms with Crippen molar-refractivity contribution < 1.29 is 22.7 Å². The molecule has 0 aliphatic heterocycles. The highest BCUT2D eigenvalue weighted by atomic mass is 19.4. The number of ether oxygens (including phenoxy) is 1. The number of halogens is 3. The van der Waals surface area contributed by atoms with Crippen molar-refractivity contribution in [2.24, 2.45) is 0 Å². The molecule has 0 atom stereocenters. The van der Waals surface area contributed by atoms with Crippen LogP contribution >= 0.6 is 0 Å². The Hall–Kier alpha value is -1.79. The predicted molar refractivity (Wildman–Crippen MR) is 74.7 cm³/mol. The molecule has 1 N–H and O–H groups in total. The first-order valence-corrected chi connectivity index (χ1v) is 7.40. The van der Waals surface area contributed by atoms with Crippen molar-refractivity contribution in [2.45, 2.75) is 50.7 Å². The Bertz CT molecular complexity index is 481. The van der Waals surface area contributed by atoms with E-state index in [0.717, 1.165) is 25.7 Å². The van der Waals surface area contributed by atoms with E-state index in [4.69, 9.17) is 0 Å². The Balaban J connectivity index is 1.87. The molecule has 122 valence electrons. The van der Waals surface area contributed by atoms with Crippen LogP contribution in [0.25, 0.3) is 0 Å². The van der Waals surface area contributed by atoms with Crippen molar-refractivity contribution in [2.75, 3.05) is 6.61 Å². The van der Waals surface area contributed by atoms with Gasteiger partial charge >= 0.3 is 6.18 Å². The Morgan fingerprint density at radius 1 is 1.23 bits per heavy atom. The molecule has 1 aromatic heterocycles. The summed E-state index contributed by atoms with van der Waals surface area (Å²) < 4.78 is 40.6. The van der Waals surface area contributed by atoms with Gasteiger partial charge in [0.25, 0.3) is 5.91 Å². The molecule has 1 saturated carbocycles. The standard InChI is InChI=1S/C15H19F3N2O2/c16-15(17,18)10-22-13-8-7-11(9-19-13)14(21)20-12-5-3-1-2-4-6-12/h7-9,12H,1-6,10H2,(H,20,21). The average molecular weight is 316 g/mol. The molecule has 1 amide bonds. The first-order valence-electron chi connectivity index (χ1n) is 7.40.